The van der Waals surface area contributed by atoms with Crippen molar-refractivity contribution in [2.45, 2.75) is 10.9 Å². The second kappa shape index (κ2) is 2.99. The Hall–Kier alpha value is -0.670. The zero-order valence-corrected chi connectivity index (χ0v) is 7.73. The van der Waals surface area contributed by atoms with Gasteiger partial charge in [-0.25, -0.2) is 0 Å². The van der Waals surface area contributed by atoms with Crippen LogP contribution in [0, 0.1) is 0 Å². The monoisotopic (exact) mass is 181 g/mol. The largest absolute Gasteiger partial charge is 0.491 e. The second-order valence-corrected chi connectivity index (χ2v) is 3.70. The topological polar surface area (TPSA) is 35.2 Å². The van der Waals surface area contributed by atoms with Gasteiger partial charge in [0.2, 0.25) is 0 Å². The van der Waals surface area contributed by atoms with Gasteiger partial charge < -0.3 is 10.5 Å². The van der Waals surface area contributed by atoms with Gasteiger partial charge in [-0.15, -0.1) is 11.8 Å². The van der Waals surface area contributed by atoms with Crippen molar-refractivity contribution in [3.63, 3.8) is 0 Å². The van der Waals surface area contributed by atoms with Crippen LogP contribution in [0.2, 0.25) is 0 Å². The molecule has 2 nitrogen and oxygen atoms in total. The summed E-state index contributed by atoms with van der Waals surface area (Å²) in [5.41, 5.74) is 6.98. The Labute approximate surface area is 76.1 Å². The highest BCUT2D eigenvalue weighted by molar-refractivity contribution is 7.98. The second-order valence-electron chi connectivity index (χ2n) is 2.82. The van der Waals surface area contributed by atoms with Crippen LogP contribution in [0.15, 0.2) is 23.1 Å². The minimum Gasteiger partial charge on any atom is -0.491 e. The van der Waals surface area contributed by atoms with Crippen LogP contribution in [-0.2, 0) is 0 Å². The molecule has 0 bridgehead atoms. The third kappa shape index (κ3) is 1.19. The molecule has 1 heterocycles. The summed E-state index contributed by atoms with van der Waals surface area (Å²) < 4.78 is 5.38. The van der Waals surface area contributed by atoms with Crippen LogP contribution in [0.25, 0.3) is 0 Å². The quantitative estimate of drug-likeness (QED) is 0.671. The van der Waals surface area contributed by atoms with Gasteiger partial charge in [0, 0.05) is 10.5 Å². The van der Waals surface area contributed by atoms with E-state index in [0.717, 1.165) is 11.3 Å². The summed E-state index contributed by atoms with van der Waals surface area (Å²) in [7, 11) is 0. The lowest BCUT2D eigenvalue weighted by Crippen LogP contribution is -2.10. The molecule has 0 saturated carbocycles. The van der Waals surface area contributed by atoms with Crippen molar-refractivity contribution >= 4 is 11.8 Å². The molecule has 12 heavy (non-hydrogen) atoms. The van der Waals surface area contributed by atoms with Crippen molar-refractivity contribution < 1.29 is 4.74 Å². The molecular formula is C9H11NOS. The zero-order valence-electron chi connectivity index (χ0n) is 6.91. The molecule has 0 spiro atoms. The highest BCUT2D eigenvalue weighted by Gasteiger charge is 2.20. The predicted octanol–water partition coefficient (Wildman–Crippen LogP) is 1.80. The van der Waals surface area contributed by atoms with Crippen LogP contribution >= 0.6 is 11.8 Å². The normalized spacial score (nSPS) is 20.3. The Morgan fingerprint density at radius 2 is 2.42 bits per heavy atom. The Morgan fingerprint density at radius 3 is 3.17 bits per heavy atom. The van der Waals surface area contributed by atoms with E-state index in [2.05, 4.69) is 18.4 Å². The molecule has 0 unspecified atom stereocenters. The fourth-order valence-electron chi connectivity index (χ4n) is 1.34. The van der Waals surface area contributed by atoms with Gasteiger partial charge in [0.15, 0.2) is 0 Å². The maximum Gasteiger partial charge on any atom is 0.124 e. The van der Waals surface area contributed by atoms with Crippen molar-refractivity contribution in [1.82, 2.24) is 0 Å². The van der Waals surface area contributed by atoms with Crippen molar-refractivity contribution in [2.75, 3.05) is 12.9 Å². The van der Waals surface area contributed by atoms with Crippen LogP contribution in [-0.4, -0.2) is 12.9 Å². The van der Waals surface area contributed by atoms with Gasteiger partial charge in [-0.3, -0.25) is 0 Å². The Kier molecular flexibility index (Phi) is 1.98. The van der Waals surface area contributed by atoms with E-state index in [4.69, 9.17) is 10.5 Å². The van der Waals surface area contributed by atoms with E-state index in [9.17, 15) is 0 Å². The number of thioether (sulfide) groups is 1. The number of benzene rings is 1. The number of nitrogens with two attached hydrogens (primary N) is 1. The molecule has 1 aliphatic heterocycles. The molecule has 0 amide bonds. The molecule has 1 aliphatic rings. The summed E-state index contributed by atoms with van der Waals surface area (Å²) in [6.07, 6.45) is 2.06. The minimum atomic E-state index is 0.0621. The molecule has 0 saturated heterocycles. The van der Waals surface area contributed by atoms with Crippen LogP contribution in [0.5, 0.6) is 5.75 Å². The van der Waals surface area contributed by atoms with Gasteiger partial charge in [-0.05, 0) is 24.5 Å². The van der Waals surface area contributed by atoms with E-state index < -0.39 is 0 Å². The van der Waals surface area contributed by atoms with Gasteiger partial charge in [0.25, 0.3) is 0 Å². The van der Waals surface area contributed by atoms with Crippen LogP contribution in [0.1, 0.15) is 11.6 Å². The third-order valence-electron chi connectivity index (χ3n) is 2.03. The van der Waals surface area contributed by atoms with E-state index in [1.54, 1.807) is 11.8 Å². The van der Waals surface area contributed by atoms with Crippen LogP contribution < -0.4 is 10.5 Å². The van der Waals surface area contributed by atoms with Gasteiger partial charge in [-0.1, -0.05) is 0 Å². The first-order chi connectivity index (χ1) is 5.81. The molecule has 1 aromatic rings. The number of hydrogen-bond donors (Lipinski definition) is 1. The predicted molar refractivity (Wildman–Crippen MR) is 50.6 cm³/mol. The Morgan fingerprint density at radius 1 is 1.58 bits per heavy atom. The average Bonchev–Trinajstić information content (AvgIpc) is 2.47. The number of fused-ring (bicyclic) bond motifs is 1. The molecule has 0 fully saturated rings. The van der Waals surface area contributed by atoms with Gasteiger partial charge in [0.05, 0.1) is 6.04 Å². The number of rotatable bonds is 1. The summed E-state index contributed by atoms with van der Waals surface area (Å²) in [6.45, 7) is 0.618. The average molecular weight is 181 g/mol. The molecule has 64 valence electrons. The maximum absolute atomic E-state index is 5.84. The van der Waals surface area contributed by atoms with Crippen molar-refractivity contribution in [1.29, 1.82) is 0 Å². The molecule has 0 aromatic heterocycles. The Balaban J connectivity index is 2.43. The molecular weight excluding hydrogens is 170 g/mol. The minimum absolute atomic E-state index is 0.0621. The molecule has 2 rings (SSSR count). The summed E-state index contributed by atoms with van der Waals surface area (Å²) in [6, 6.07) is 6.22. The maximum atomic E-state index is 5.84. The molecule has 0 aliphatic carbocycles. The van der Waals surface area contributed by atoms with Crippen molar-refractivity contribution in [3.05, 3.63) is 23.8 Å². The highest BCUT2D eigenvalue weighted by atomic mass is 32.2. The van der Waals surface area contributed by atoms with E-state index in [1.165, 1.54) is 4.90 Å². The van der Waals surface area contributed by atoms with Crippen molar-refractivity contribution in [2.24, 2.45) is 5.73 Å². The fraction of sp³-hybridized carbons (Fsp3) is 0.333. The van der Waals surface area contributed by atoms with E-state index in [-0.39, 0.29) is 6.04 Å². The summed E-state index contributed by atoms with van der Waals surface area (Å²) in [4.78, 5) is 1.25. The van der Waals surface area contributed by atoms with Crippen molar-refractivity contribution in [3.8, 4) is 5.75 Å². The summed E-state index contributed by atoms with van der Waals surface area (Å²) in [5.74, 6) is 0.945. The first-order valence-electron chi connectivity index (χ1n) is 3.87. The van der Waals surface area contributed by atoms with Gasteiger partial charge in [-0.2, -0.15) is 0 Å². The number of hydrogen-bond acceptors (Lipinski definition) is 3. The van der Waals surface area contributed by atoms with E-state index in [0.29, 0.717) is 6.61 Å². The SMILES string of the molecule is CSc1ccc2c(c1)[C@@H](N)CO2. The lowest BCUT2D eigenvalue weighted by molar-refractivity contribution is 0.333. The van der Waals surface area contributed by atoms with E-state index in [1.807, 2.05) is 6.07 Å². The van der Waals surface area contributed by atoms with Gasteiger partial charge in [0.1, 0.15) is 12.4 Å². The Bertz CT molecular complexity index is 301. The molecule has 1 atom stereocenters. The fourth-order valence-corrected chi connectivity index (χ4v) is 1.79. The molecule has 0 radical (unpaired) electrons. The van der Waals surface area contributed by atoms with Gasteiger partial charge >= 0.3 is 0 Å². The smallest absolute Gasteiger partial charge is 0.124 e. The number of ether oxygens (including phenoxy) is 1. The molecule has 3 heteroatoms. The summed E-state index contributed by atoms with van der Waals surface area (Å²) >= 11 is 1.73. The zero-order chi connectivity index (χ0) is 8.55. The lowest BCUT2D eigenvalue weighted by atomic mass is 10.1. The molecule has 1 aromatic carbocycles. The van der Waals surface area contributed by atoms with Crippen LogP contribution in [0.3, 0.4) is 0 Å². The first-order valence-corrected chi connectivity index (χ1v) is 5.10. The molecule has 2 N–H and O–H groups in total. The standard InChI is InChI=1S/C9H11NOS/c1-12-6-2-3-9-7(4-6)8(10)5-11-9/h2-4,8H,5,10H2,1H3/t8-/m0/s1. The lowest BCUT2D eigenvalue weighted by Gasteiger charge is -2.02. The van der Waals surface area contributed by atoms with Crippen LogP contribution in [0.4, 0.5) is 0 Å². The van der Waals surface area contributed by atoms with E-state index >= 15 is 0 Å². The third-order valence-corrected chi connectivity index (χ3v) is 2.76. The highest BCUT2D eigenvalue weighted by Crippen LogP contribution is 2.33. The first kappa shape index (κ1) is 7.95. The summed E-state index contributed by atoms with van der Waals surface area (Å²) in [5, 5.41) is 0.